The van der Waals surface area contributed by atoms with Gasteiger partial charge in [0.05, 0.1) is 24.3 Å². The largest absolute Gasteiger partial charge is 0.493 e. The molecule has 3 aromatic rings. The summed E-state index contributed by atoms with van der Waals surface area (Å²) in [6.45, 7) is 2.28. The highest BCUT2D eigenvalue weighted by atomic mass is 32.2. The van der Waals surface area contributed by atoms with E-state index in [1.165, 1.54) is 37.5 Å². The minimum atomic E-state index is -4.28. The van der Waals surface area contributed by atoms with Crippen molar-refractivity contribution in [3.63, 3.8) is 0 Å². The van der Waals surface area contributed by atoms with Crippen LogP contribution in [0.3, 0.4) is 0 Å². The van der Waals surface area contributed by atoms with Gasteiger partial charge >= 0.3 is 0 Å². The molecule has 0 unspecified atom stereocenters. The molecule has 0 aliphatic rings. The standard InChI is InChI=1S/C25H22N2O5S/c1-3-32-23-15-14-19(17-24(23)31-2)16-20(18-26)25(28)27(21-10-6-4-7-11-21)33(29,30)22-12-8-5-9-13-22/h4-17H,3H2,1-2H3/b20-16+. The third-order valence-corrected chi connectivity index (χ3v) is 6.33. The Labute approximate surface area is 193 Å². The van der Waals surface area contributed by atoms with Gasteiger partial charge in [-0.15, -0.1) is 0 Å². The summed E-state index contributed by atoms with van der Waals surface area (Å²) in [5, 5.41) is 9.74. The Kier molecular flexibility index (Phi) is 7.49. The molecule has 0 fully saturated rings. The van der Waals surface area contributed by atoms with E-state index in [9.17, 15) is 18.5 Å². The van der Waals surface area contributed by atoms with Crippen LogP contribution in [0.4, 0.5) is 5.69 Å². The van der Waals surface area contributed by atoms with E-state index in [1.807, 2.05) is 13.0 Å². The van der Waals surface area contributed by atoms with Crippen molar-refractivity contribution >= 4 is 27.7 Å². The van der Waals surface area contributed by atoms with Crippen molar-refractivity contribution in [3.05, 3.63) is 90.0 Å². The number of hydrogen-bond acceptors (Lipinski definition) is 6. The van der Waals surface area contributed by atoms with E-state index in [0.717, 1.165) is 0 Å². The summed E-state index contributed by atoms with van der Waals surface area (Å²) < 4.78 is 38.2. The zero-order valence-corrected chi connectivity index (χ0v) is 19.0. The molecule has 3 rings (SSSR count). The summed E-state index contributed by atoms with van der Waals surface area (Å²) in [6.07, 6.45) is 1.32. The zero-order chi connectivity index (χ0) is 23.8. The number of anilines is 1. The van der Waals surface area contributed by atoms with Crippen LogP contribution in [-0.2, 0) is 14.8 Å². The number of amides is 1. The second kappa shape index (κ2) is 10.5. The van der Waals surface area contributed by atoms with Gasteiger partial charge in [0.25, 0.3) is 15.9 Å². The average molecular weight is 463 g/mol. The van der Waals surface area contributed by atoms with Crippen molar-refractivity contribution in [2.75, 3.05) is 18.0 Å². The molecule has 1 amide bonds. The SMILES string of the molecule is CCOc1ccc(/C=C(\C#N)C(=O)N(c2ccccc2)S(=O)(=O)c2ccccc2)cc1OC. The molecule has 33 heavy (non-hydrogen) atoms. The third kappa shape index (κ3) is 5.22. The predicted molar refractivity (Wildman–Crippen MR) is 125 cm³/mol. The fourth-order valence-electron chi connectivity index (χ4n) is 3.09. The average Bonchev–Trinajstić information content (AvgIpc) is 2.84. The van der Waals surface area contributed by atoms with Gasteiger partial charge in [-0.25, -0.2) is 8.42 Å². The Hall–Kier alpha value is -4.09. The van der Waals surface area contributed by atoms with Gasteiger partial charge in [-0.2, -0.15) is 9.57 Å². The highest BCUT2D eigenvalue weighted by Gasteiger charge is 2.33. The molecular weight excluding hydrogens is 440 g/mol. The summed E-state index contributed by atoms with van der Waals surface area (Å²) in [7, 11) is -2.80. The second-order valence-corrected chi connectivity index (χ2v) is 8.52. The summed E-state index contributed by atoms with van der Waals surface area (Å²) in [5.41, 5.74) is 0.242. The summed E-state index contributed by atoms with van der Waals surface area (Å²) in [4.78, 5) is 13.4. The topological polar surface area (TPSA) is 96.7 Å². The van der Waals surface area contributed by atoms with E-state index < -0.39 is 15.9 Å². The lowest BCUT2D eigenvalue weighted by Crippen LogP contribution is -2.37. The molecule has 0 N–H and O–H groups in total. The van der Waals surface area contributed by atoms with Crippen LogP contribution < -0.4 is 13.8 Å². The van der Waals surface area contributed by atoms with Gasteiger partial charge in [-0.05, 0) is 55.0 Å². The Balaban J connectivity index is 2.10. The van der Waals surface area contributed by atoms with E-state index in [1.54, 1.807) is 54.6 Å². The van der Waals surface area contributed by atoms with Crippen LogP contribution >= 0.6 is 0 Å². The van der Waals surface area contributed by atoms with Gasteiger partial charge in [0, 0.05) is 0 Å². The first kappa shape index (κ1) is 23.6. The van der Waals surface area contributed by atoms with Crippen LogP contribution in [-0.4, -0.2) is 28.0 Å². The highest BCUT2D eigenvalue weighted by Crippen LogP contribution is 2.30. The number of benzene rings is 3. The lowest BCUT2D eigenvalue weighted by molar-refractivity contribution is -0.113. The molecule has 0 atom stereocenters. The van der Waals surface area contributed by atoms with E-state index in [0.29, 0.717) is 28.0 Å². The maximum absolute atomic E-state index is 13.4. The minimum Gasteiger partial charge on any atom is -0.493 e. The number of methoxy groups -OCH3 is 1. The lowest BCUT2D eigenvalue weighted by Gasteiger charge is -2.22. The maximum Gasteiger partial charge on any atom is 0.282 e. The fraction of sp³-hybridized carbons (Fsp3) is 0.120. The highest BCUT2D eigenvalue weighted by molar-refractivity contribution is 7.93. The first-order chi connectivity index (χ1) is 15.9. The molecule has 8 heteroatoms. The third-order valence-electron chi connectivity index (χ3n) is 4.61. The second-order valence-electron chi connectivity index (χ2n) is 6.74. The molecular formula is C25H22N2O5S. The molecule has 0 saturated carbocycles. The monoisotopic (exact) mass is 462 g/mol. The van der Waals surface area contributed by atoms with Crippen molar-refractivity contribution in [2.45, 2.75) is 11.8 Å². The first-order valence-corrected chi connectivity index (χ1v) is 11.5. The smallest absolute Gasteiger partial charge is 0.282 e. The Morgan fingerprint density at radius 3 is 2.21 bits per heavy atom. The Morgan fingerprint density at radius 1 is 1.00 bits per heavy atom. The number of hydrogen-bond donors (Lipinski definition) is 0. The van der Waals surface area contributed by atoms with E-state index in [2.05, 4.69) is 0 Å². The molecule has 0 saturated heterocycles. The van der Waals surface area contributed by atoms with Crippen LogP contribution in [0.2, 0.25) is 0 Å². The van der Waals surface area contributed by atoms with Gasteiger partial charge in [0.2, 0.25) is 0 Å². The Morgan fingerprint density at radius 2 is 1.64 bits per heavy atom. The van der Waals surface area contributed by atoms with Crippen LogP contribution in [0, 0.1) is 11.3 Å². The molecule has 0 bridgehead atoms. The van der Waals surface area contributed by atoms with Crippen molar-refractivity contribution in [1.29, 1.82) is 5.26 Å². The van der Waals surface area contributed by atoms with Crippen molar-refractivity contribution in [3.8, 4) is 17.6 Å². The zero-order valence-electron chi connectivity index (χ0n) is 18.1. The summed E-state index contributed by atoms with van der Waals surface area (Å²) in [6, 6.07) is 22.3. The van der Waals surface area contributed by atoms with Gasteiger partial charge in [-0.3, -0.25) is 4.79 Å². The van der Waals surface area contributed by atoms with Crippen LogP contribution in [0.25, 0.3) is 6.08 Å². The van der Waals surface area contributed by atoms with E-state index in [4.69, 9.17) is 9.47 Å². The number of carbonyl (C=O) groups excluding carboxylic acids is 1. The number of sulfonamides is 1. The number of para-hydroxylation sites is 1. The van der Waals surface area contributed by atoms with Gasteiger partial charge in [0.1, 0.15) is 11.6 Å². The molecule has 0 heterocycles. The molecule has 7 nitrogen and oxygen atoms in total. The van der Waals surface area contributed by atoms with Gasteiger partial charge < -0.3 is 9.47 Å². The van der Waals surface area contributed by atoms with Gasteiger partial charge in [-0.1, -0.05) is 42.5 Å². The normalized spacial score (nSPS) is 11.4. The molecule has 0 radical (unpaired) electrons. The number of nitrogens with zero attached hydrogens (tertiary/aromatic N) is 2. The van der Waals surface area contributed by atoms with Crippen LogP contribution in [0.1, 0.15) is 12.5 Å². The minimum absolute atomic E-state index is 0.0674. The Bertz CT molecular complexity index is 1300. The van der Waals surface area contributed by atoms with Crippen LogP contribution in [0.15, 0.2) is 89.3 Å². The molecule has 0 aliphatic carbocycles. The molecule has 0 aliphatic heterocycles. The van der Waals surface area contributed by atoms with Crippen molar-refractivity contribution < 1.29 is 22.7 Å². The molecule has 3 aromatic carbocycles. The summed E-state index contributed by atoms with van der Waals surface area (Å²) in [5.74, 6) is -0.0351. The summed E-state index contributed by atoms with van der Waals surface area (Å²) >= 11 is 0. The quantitative estimate of drug-likeness (QED) is 0.363. The van der Waals surface area contributed by atoms with E-state index in [-0.39, 0.29) is 16.2 Å². The number of rotatable bonds is 8. The van der Waals surface area contributed by atoms with Gasteiger partial charge in [0.15, 0.2) is 11.5 Å². The number of carbonyl (C=O) groups is 1. The van der Waals surface area contributed by atoms with Crippen molar-refractivity contribution in [1.82, 2.24) is 0 Å². The molecule has 0 spiro atoms. The number of ether oxygens (including phenoxy) is 2. The molecule has 0 aromatic heterocycles. The molecule has 168 valence electrons. The maximum atomic E-state index is 13.4. The lowest BCUT2D eigenvalue weighted by atomic mass is 10.1. The number of nitriles is 1. The predicted octanol–water partition coefficient (Wildman–Crippen LogP) is 4.42. The fourth-order valence-corrected chi connectivity index (χ4v) is 4.52. The van der Waals surface area contributed by atoms with Crippen LogP contribution in [0.5, 0.6) is 11.5 Å². The van der Waals surface area contributed by atoms with Crippen molar-refractivity contribution in [2.24, 2.45) is 0 Å². The van der Waals surface area contributed by atoms with E-state index >= 15 is 0 Å². The first-order valence-electron chi connectivity index (χ1n) is 10.0.